The van der Waals surface area contributed by atoms with Crippen LogP contribution >= 0.6 is 0 Å². The summed E-state index contributed by atoms with van der Waals surface area (Å²) in [5, 5.41) is 27.4. The fourth-order valence-corrected chi connectivity index (χ4v) is 3.18. The van der Waals surface area contributed by atoms with Crippen LogP contribution in [0.1, 0.15) is 93.9 Å². The van der Waals surface area contributed by atoms with Gasteiger partial charge in [-0.25, -0.2) is 9.59 Å². The molecule has 0 aromatic rings. The average molecular weight is 405 g/mol. The Hall–Kier alpha value is -1.14. The van der Waals surface area contributed by atoms with Gasteiger partial charge in [0.1, 0.15) is 6.10 Å². The first kappa shape index (κ1) is 29.1. The first-order chi connectivity index (χ1) is 12.8. The van der Waals surface area contributed by atoms with Crippen molar-refractivity contribution in [1.82, 2.24) is 0 Å². The van der Waals surface area contributed by atoms with Gasteiger partial charge < -0.3 is 20.1 Å². The summed E-state index contributed by atoms with van der Waals surface area (Å²) in [6.45, 7) is 14.9. The molecule has 0 aliphatic rings. The van der Waals surface area contributed by atoms with Crippen LogP contribution in [0.2, 0.25) is 0 Å². The SMILES string of the molecule is CCCC(C)CC(C)C(C)(O)C(=O)O.CCCC(C)CC(C)OC(=O)C(C)O. The molecule has 0 aromatic carbocycles. The van der Waals surface area contributed by atoms with Crippen LogP contribution in [-0.4, -0.2) is 45.1 Å². The summed E-state index contributed by atoms with van der Waals surface area (Å²) in [5.74, 6) is -0.825. The number of carboxylic acids is 1. The Morgan fingerprint density at radius 3 is 1.71 bits per heavy atom. The van der Waals surface area contributed by atoms with Gasteiger partial charge in [0.05, 0.1) is 6.10 Å². The van der Waals surface area contributed by atoms with Gasteiger partial charge in [-0.3, -0.25) is 0 Å². The van der Waals surface area contributed by atoms with E-state index in [9.17, 15) is 14.7 Å². The van der Waals surface area contributed by atoms with Gasteiger partial charge in [-0.2, -0.15) is 0 Å². The zero-order chi connectivity index (χ0) is 22.5. The maximum absolute atomic E-state index is 11.0. The molecular weight excluding hydrogens is 360 g/mol. The van der Waals surface area contributed by atoms with Crippen LogP contribution in [0.5, 0.6) is 0 Å². The van der Waals surface area contributed by atoms with E-state index in [1.807, 2.05) is 6.92 Å². The standard InChI is InChI=1S/2C11H22O3/c1-5-6-8(2)7-9(3)11(4,14)10(12)13;1-5-6-8(2)7-9(3)14-11(13)10(4)12/h8-9,14H,5-7H2,1-4H3,(H,12,13);8-10,12H,5-7H2,1-4H3. The van der Waals surface area contributed by atoms with Crippen molar-refractivity contribution in [1.29, 1.82) is 0 Å². The molecule has 6 heteroatoms. The van der Waals surface area contributed by atoms with E-state index in [4.69, 9.17) is 14.9 Å². The van der Waals surface area contributed by atoms with Crippen LogP contribution in [0, 0.1) is 17.8 Å². The number of aliphatic carboxylic acids is 1. The molecule has 168 valence electrons. The molecule has 0 heterocycles. The van der Waals surface area contributed by atoms with E-state index >= 15 is 0 Å². The van der Waals surface area contributed by atoms with Crippen molar-refractivity contribution in [2.45, 2.75) is 112 Å². The highest BCUT2D eigenvalue weighted by Gasteiger charge is 2.36. The van der Waals surface area contributed by atoms with Crippen molar-refractivity contribution in [2.75, 3.05) is 0 Å². The number of hydrogen-bond acceptors (Lipinski definition) is 5. The molecule has 0 saturated heterocycles. The number of ether oxygens (including phenoxy) is 1. The Morgan fingerprint density at radius 1 is 0.929 bits per heavy atom. The fraction of sp³-hybridized carbons (Fsp3) is 0.909. The Morgan fingerprint density at radius 2 is 1.36 bits per heavy atom. The van der Waals surface area contributed by atoms with E-state index in [2.05, 4.69) is 27.7 Å². The second-order valence-electron chi connectivity index (χ2n) is 8.54. The minimum atomic E-state index is -1.60. The monoisotopic (exact) mass is 404 g/mol. The molecule has 0 radical (unpaired) electrons. The van der Waals surface area contributed by atoms with E-state index in [0.717, 1.165) is 38.5 Å². The van der Waals surface area contributed by atoms with Crippen molar-refractivity contribution in [3.05, 3.63) is 0 Å². The van der Waals surface area contributed by atoms with E-state index < -0.39 is 23.6 Å². The highest BCUT2D eigenvalue weighted by molar-refractivity contribution is 5.76. The largest absolute Gasteiger partial charge is 0.479 e. The van der Waals surface area contributed by atoms with Gasteiger partial charge in [-0.15, -0.1) is 0 Å². The third-order valence-corrected chi connectivity index (χ3v) is 5.10. The lowest BCUT2D eigenvalue weighted by atomic mass is 9.83. The van der Waals surface area contributed by atoms with Gasteiger partial charge in [0.15, 0.2) is 5.60 Å². The van der Waals surface area contributed by atoms with Crippen molar-refractivity contribution in [3.8, 4) is 0 Å². The summed E-state index contributed by atoms with van der Waals surface area (Å²) in [6, 6.07) is 0. The third kappa shape index (κ3) is 13.1. The lowest BCUT2D eigenvalue weighted by Gasteiger charge is -2.27. The molecule has 0 fully saturated rings. The number of hydrogen-bond donors (Lipinski definition) is 3. The maximum atomic E-state index is 11.0. The molecule has 3 N–H and O–H groups in total. The molecule has 0 aliphatic heterocycles. The van der Waals surface area contributed by atoms with Crippen molar-refractivity contribution in [2.24, 2.45) is 17.8 Å². The number of carboxylic acid groups (broad SMARTS) is 1. The first-order valence-corrected chi connectivity index (χ1v) is 10.6. The van der Waals surface area contributed by atoms with E-state index in [1.165, 1.54) is 13.8 Å². The number of esters is 1. The van der Waals surface area contributed by atoms with Gasteiger partial charge in [0, 0.05) is 0 Å². The zero-order valence-electron chi connectivity index (χ0n) is 19.2. The third-order valence-electron chi connectivity index (χ3n) is 5.10. The van der Waals surface area contributed by atoms with Crippen molar-refractivity contribution >= 4 is 11.9 Å². The fourth-order valence-electron chi connectivity index (χ4n) is 3.18. The molecule has 6 nitrogen and oxygen atoms in total. The van der Waals surface area contributed by atoms with Gasteiger partial charge >= 0.3 is 11.9 Å². The number of aliphatic hydroxyl groups is 2. The van der Waals surface area contributed by atoms with Gasteiger partial charge in [-0.1, -0.05) is 60.3 Å². The highest BCUT2D eigenvalue weighted by atomic mass is 16.6. The van der Waals surface area contributed by atoms with Gasteiger partial charge in [-0.05, 0) is 51.4 Å². The molecule has 0 bridgehead atoms. The Balaban J connectivity index is 0. The van der Waals surface area contributed by atoms with Crippen LogP contribution in [0.3, 0.4) is 0 Å². The van der Waals surface area contributed by atoms with Gasteiger partial charge in [0.2, 0.25) is 0 Å². The van der Waals surface area contributed by atoms with Crippen LogP contribution in [-0.2, 0) is 14.3 Å². The summed E-state index contributed by atoms with van der Waals surface area (Å²) in [5.41, 5.74) is -1.60. The summed E-state index contributed by atoms with van der Waals surface area (Å²) in [6.07, 6.45) is 5.00. The van der Waals surface area contributed by atoms with E-state index in [-0.39, 0.29) is 12.0 Å². The first-order valence-electron chi connectivity index (χ1n) is 10.6. The second-order valence-corrected chi connectivity index (χ2v) is 8.54. The minimum Gasteiger partial charge on any atom is -0.479 e. The predicted molar refractivity (Wildman–Crippen MR) is 112 cm³/mol. The summed E-state index contributed by atoms with van der Waals surface area (Å²) >= 11 is 0. The average Bonchev–Trinajstić information content (AvgIpc) is 2.55. The van der Waals surface area contributed by atoms with Gasteiger partial charge in [0.25, 0.3) is 0 Å². The molecule has 0 spiro atoms. The molecule has 0 rings (SSSR count). The Labute approximate surface area is 171 Å². The molecule has 6 atom stereocenters. The maximum Gasteiger partial charge on any atom is 0.335 e. The quantitative estimate of drug-likeness (QED) is 0.416. The topological polar surface area (TPSA) is 104 Å². The zero-order valence-corrected chi connectivity index (χ0v) is 19.2. The second kappa shape index (κ2) is 14.8. The molecule has 6 unspecified atom stereocenters. The molecule has 0 aromatic heterocycles. The van der Waals surface area contributed by atoms with Crippen LogP contribution in [0.4, 0.5) is 0 Å². The molecule has 0 saturated carbocycles. The van der Waals surface area contributed by atoms with E-state index in [1.54, 1.807) is 6.92 Å². The minimum absolute atomic E-state index is 0.0985. The lowest BCUT2D eigenvalue weighted by molar-refractivity contribution is -0.162. The summed E-state index contributed by atoms with van der Waals surface area (Å²) in [7, 11) is 0. The van der Waals surface area contributed by atoms with Crippen LogP contribution in [0.15, 0.2) is 0 Å². The lowest BCUT2D eigenvalue weighted by Crippen LogP contribution is -2.42. The molecule has 0 aliphatic carbocycles. The molecule has 28 heavy (non-hydrogen) atoms. The van der Waals surface area contributed by atoms with Crippen LogP contribution < -0.4 is 0 Å². The van der Waals surface area contributed by atoms with Crippen molar-refractivity contribution in [3.63, 3.8) is 0 Å². The predicted octanol–water partition coefficient (Wildman–Crippen LogP) is 4.41. The Bertz CT molecular complexity index is 431. The van der Waals surface area contributed by atoms with E-state index in [0.29, 0.717) is 11.8 Å². The highest BCUT2D eigenvalue weighted by Crippen LogP contribution is 2.26. The molecular formula is C22H44O6. The summed E-state index contributed by atoms with van der Waals surface area (Å²) < 4.78 is 5.04. The number of carbonyl (C=O) groups excluding carboxylic acids is 1. The molecule has 0 amide bonds. The number of rotatable bonds is 12. The normalized spacial score (nSPS) is 18.5. The summed E-state index contributed by atoms with van der Waals surface area (Å²) in [4.78, 5) is 21.8. The number of carbonyl (C=O) groups is 2. The smallest absolute Gasteiger partial charge is 0.335 e. The van der Waals surface area contributed by atoms with Crippen LogP contribution in [0.25, 0.3) is 0 Å². The van der Waals surface area contributed by atoms with Crippen molar-refractivity contribution < 1.29 is 29.6 Å². The number of aliphatic hydroxyl groups excluding tert-OH is 1. The Kier molecular flexibility index (Phi) is 15.4.